The Morgan fingerprint density at radius 3 is 2.65 bits per heavy atom. The molecule has 0 aliphatic heterocycles. The summed E-state index contributed by atoms with van der Waals surface area (Å²) in [6.45, 7) is 6.04. The first-order chi connectivity index (χ1) is 8.08. The van der Waals surface area contributed by atoms with Crippen LogP contribution < -0.4 is 5.32 Å². The Bertz CT molecular complexity index is 488. The third-order valence-corrected chi connectivity index (χ3v) is 2.81. The van der Waals surface area contributed by atoms with Gasteiger partial charge in [0.25, 0.3) is 0 Å². The highest BCUT2D eigenvalue weighted by atomic mass is 16.4. The van der Waals surface area contributed by atoms with Gasteiger partial charge in [0.1, 0.15) is 5.76 Å². The molecule has 92 valence electrons. The second-order valence-electron chi connectivity index (χ2n) is 4.30. The van der Waals surface area contributed by atoms with E-state index in [1.54, 1.807) is 12.4 Å². The molecule has 1 N–H and O–H groups in total. The van der Waals surface area contributed by atoms with Crippen LogP contribution in [0.15, 0.2) is 22.9 Å². The van der Waals surface area contributed by atoms with Gasteiger partial charge >= 0.3 is 0 Å². The Hall–Kier alpha value is -1.62. The fourth-order valence-corrected chi connectivity index (χ4v) is 1.91. The second kappa shape index (κ2) is 4.71. The largest absolute Gasteiger partial charge is 0.444 e. The van der Waals surface area contributed by atoms with Crippen LogP contribution in [0.5, 0.6) is 0 Å². The van der Waals surface area contributed by atoms with Crippen molar-refractivity contribution in [2.75, 3.05) is 0 Å². The van der Waals surface area contributed by atoms with Gasteiger partial charge in [-0.15, -0.1) is 0 Å². The van der Waals surface area contributed by atoms with Crippen LogP contribution in [0.4, 0.5) is 0 Å². The monoisotopic (exact) mass is 234 g/mol. The first kappa shape index (κ1) is 11.9. The number of oxazole rings is 1. The summed E-state index contributed by atoms with van der Waals surface area (Å²) in [6.07, 6.45) is 3.54. The number of hydrogen-bond donors (Lipinski definition) is 1. The number of aromatic nitrogens is 3. The van der Waals surface area contributed by atoms with Gasteiger partial charge in [-0.25, -0.2) is 4.98 Å². The summed E-state index contributed by atoms with van der Waals surface area (Å²) in [5.74, 6) is 1.55. The zero-order chi connectivity index (χ0) is 12.4. The molecule has 0 bridgehead atoms. The van der Waals surface area contributed by atoms with E-state index >= 15 is 0 Å². The lowest BCUT2D eigenvalue weighted by atomic mass is 10.2. The molecule has 0 saturated carbocycles. The third-order valence-electron chi connectivity index (χ3n) is 2.81. The van der Waals surface area contributed by atoms with Gasteiger partial charge in [-0.2, -0.15) is 5.10 Å². The highest BCUT2D eigenvalue weighted by Gasteiger charge is 2.16. The van der Waals surface area contributed by atoms with Crippen LogP contribution in [-0.2, 0) is 7.05 Å². The molecule has 2 unspecified atom stereocenters. The highest BCUT2D eigenvalue weighted by Crippen LogP contribution is 2.18. The van der Waals surface area contributed by atoms with Gasteiger partial charge in [0, 0.05) is 19.3 Å². The summed E-state index contributed by atoms with van der Waals surface area (Å²) in [6, 6.07) is 2.28. The first-order valence-electron chi connectivity index (χ1n) is 5.74. The van der Waals surface area contributed by atoms with Crippen molar-refractivity contribution >= 4 is 0 Å². The van der Waals surface area contributed by atoms with Crippen molar-refractivity contribution < 1.29 is 4.42 Å². The van der Waals surface area contributed by atoms with Crippen LogP contribution in [0.25, 0.3) is 0 Å². The Kier molecular flexibility index (Phi) is 3.28. The fraction of sp³-hybridized carbons (Fsp3) is 0.500. The van der Waals surface area contributed by atoms with Crippen LogP contribution in [0.1, 0.15) is 43.3 Å². The molecule has 5 nitrogen and oxygen atoms in total. The average Bonchev–Trinajstić information content (AvgIpc) is 2.86. The molecule has 0 aromatic carbocycles. The summed E-state index contributed by atoms with van der Waals surface area (Å²) >= 11 is 0. The SMILES string of the molecule is Cc1cnc(C(C)NC(C)c2ccnn2C)o1. The Morgan fingerprint density at radius 2 is 2.12 bits per heavy atom. The van der Waals surface area contributed by atoms with Crippen molar-refractivity contribution in [3.8, 4) is 0 Å². The Balaban J connectivity index is 2.04. The minimum Gasteiger partial charge on any atom is -0.444 e. The van der Waals surface area contributed by atoms with E-state index in [0.717, 1.165) is 17.3 Å². The van der Waals surface area contributed by atoms with Crippen LogP contribution in [0.3, 0.4) is 0 Å². The molecule has 0 fully saturated rings. The molecule has 2 aromatic heterocycles. The lowest BCUT2D eigenvalue weighted by molar-refractivity contribution is 0.374. The van der Waals surface area contributed by atoms with Gasteiger partial charge in [-0.3, -0.25) is 10.00 Å². The lowest BCUT2D eigenvalue weighted by Crippen LogP contribution is -2.24. The zero-order valence-corrected chi connectivity index (χ0v) is 10.6. The van der Waals surface area contributed by atoms with E-state index in [4.69, 9.17) is 4.42 Å². The summed E-state index contributed by atoms with van der Waals surface area (Å²) in [4.78, 5) is 4.22. The molecule has 2 heterocycles. The van der Waals surface area contributed by atoms with Crippen molar-refractivity contribution in [1.82, 2.24) is 20.1 Å². The molecular formula is C12H18N4O. The number of nitrogens with one attached hydrogen (secondary N) is 1. The van der Waals surface area contributed by atoms with Crippen LogP contribution in [-0.4, -0.2) is 14.8 Å². The zero-order valence-electron chi connectivity index (χ0n) is 10.6. The predicted octanol–water partition coefficient (Wildman–Crippen LogP) is 2.13. The van der Waals surface area contributed by atoms with E-state index in [2.05, 4.69) is 22.3 Å². The maximum absolute atomic E-state index is 5.50. The molecule has 0 radical (unpaired) electrons. The third kappa shape index (κ3) is 2.55. The summed E-state index contributed by atoms with van der Waals surface area (Å²) in [7, 11) is 1.94. The Morgan fingerprint density at radius 1 is 1.35 bits per heavy atom. The molecule has 5 heteroatoms. The highest BCUT2D eigenvalue weighted by molar-refractivity contribution is 5.06. The maximum atomic E-state index is 5.50. The van der Waals surface area contributed by atoms with E-state index < -0.39 is 0 Å². The molecule has 0 amide bonds. The molecule has 0 aliphatic rings. The standard InChI is InChI=1S/C12H18N4O/c1-8-7-13-12(17-8)10(3)15-9(2)11-5-6-14-16(11)4/h5-7,9-10,15H,1-4H3. The van der Waals surface area contributed by atoms with Crippen molar-refractivity contribution in [2.45, 2.75) is 32.9 Å². The summed E-state index contributed by atoms with van der Waals surface area (Å²) < 4.78 is 7.36. The number of rotatable bonds is 4. The minimum absolute atomic E-state index is 0.0774. The minimum atomic E-state index is 0.0774. The number of aryl methyl sites for hydroxylation is 2. The average molecular weight is 234 g/mol. The lowest BCUT2D eigenvalue weighted by Gasteiger charge is -2.17. The molecule has 17 heavy (non-hydrogen) atoms. The topological polar surface area (TPSA) is 55.9 Å². The van der Waals surface area contributed by atoms with Crippen molar-refractivity contribution in [2.24, 2.45) is 7.05 Å². The van der Waals surface area contributed by atoms with Gasteiger partial charge in [-0.05, 0) is 26.8 Å². The van der Waals surface area contributed by atoms with Crippen LogP contribution in [0.2, 0.25) is 0 Å². The smallest absolute Gasteiger partial charge is 0.211 e. The normalized spacial score (nSPS) is 14.8. The van der Waals surface area contributed by atoms with Crippen LogP contribution in [0, 0.1) is 6.92 Å². The molecule has 2 atom stereocenters. The second-order valence-corrected chi connectivity index (χ2v) is 4.30. The molecule has 0 spiro atoms. The van der Waals surface area contributed by atoms with Crippen molar-refractivity contribution in [3.05, 3.63) is 35.8 Å². The fourth-order valence-electron chi connectivity index (χ4n) is 1.91. The van der Waals surface area contributed by atoms with E-state index in [9.17, 15) is 0 Å². The van der Waals surface area contributed by atoms with E-state index in [1.165, 1.54) is 0 Å². The molecule has 2 aromatic rings. The number of hydrogen-bond acceptors (Lipinski definition) is 4. The first-order valence-corrected chi connectivity index (χ1v) is 5.74. The van der Waals surface area contributed by atoms with Crippen molar-refractivity contribution in [1.29, 1.82) is 0 Å². The molecular weight excluding hydrogens is 216 g/mol. The summed E-state index contributed by atoms with van der Waals surface area (Å²) in [5, 5.41) is 7.60. The van der Waals surface area contributed by atoms with E-state index in [1.807, 2.05) is 31.6 Å². The summed E-state index contributed by atoms with van der Waals surface area (Å²) in [5.41, 5.74) is 1.14. The molecule has 2 rings (SSSR count). The van der Waals surface area contributed by atoms with Gasteiger partial charge in [0.2, 0.25) is 5.89 Å². The van der Waals surface area contributed by atoms with Gasteiger partial charge < -0.3 is 4.42 Å². The van der Waals surface area contributed by atoms with Gasteiger partial charge in [-0.1, -0.05) is 0 Å². The predicted molar refractivity (Wildman–Crippen MR) is 64.4 cm³/mol. The number of nitrogens with zero attached hydrogens (tertiary/aromatic N) is 3. The van der Waals surface area contributed by atoms with Gasteiger partial charge in [0.05, 0.1) is 17.9 Å². The molecule has 0 saturated heterocycles. The van der Waals surface area contributed by atoms with Crippen LogP contribution >= 0.6 is 0 Å². The van der Waals surface area contributed by atoms with Crippen molar-refractivity contribution in [3.63, 3.8) is 0 Å². The Labute approximate surface area is 101 Å². The quantitative estimate of drug-likeness (QED) is 0.880. The molecule has 0 aliphatic carbocycles. The van der Waals surface area contributed by atoms with Gasteiger partial charge in [0.15, 0.2) is 0 Å². The maximum Gasteiger partial charge on any atom is 0.211 e. The van der Waals surface area contributed by atoms with E-state index in [-0.39, 0.29) is 12.1 Å². The van der Waals surface area contributed by atoms with E-state index in [0.29, 0.717) is 0 Å².